The lowest BCUT2D eigenvalue weighted by Crippen LogP contribution is -2.60. The van der Waals surface area contributed by atoms with Crippen LogP contribution in [0.2, 0.25) is 0 Å². The van der Waals surface area contributed by atoms with Crippen LogP contribution in [0, 0.1) is 0 Å². The minimum atomic E-state index is -1.04. The van der Waals surface area contributed by atoms with Crippen LogP contribution in [0.1, 0.15) is 29.8 Å². The molecule has 1 aromatic heterocycles. The number of piperidine rings is 1. The summed E-state index contributed by atoms with van der Waals surface area (Å²) in [5.74, 6) is -0.458. The largest absolute Gasteiger partial charge is 0.480 e. The lowest BCUT2D eigenvalue weighted by Gasteiger charge is -2.44. The van der Waals surface area contributed by atoms with Crippen LogP contribution in [0.25, 0.3) is 0 Å². The zero-order valence-corrected chi connectivity index (χ0v) is 15.3. The Hall–Kier alpha value is -2.07. The fourth-order valence-electron chi connectivity index (χ4n) is 3.63. The van der Waals surface area contributed by atoms with Gasteiger partial charge in [-0.1, -0.05) is 5.16 Å². The van der Waals surface area contributed by atoms with Gasteiger partial charge in [-0.15, -0.1) is 0 Å². The molecule has 2 amide bonds. The number of rotatable bonds is 6. The van der Waals surface area contributed by atoms with E-state index in [9.17, 15) is 19.5 Å². The molecule has 1 unspecified atom stereocenters. The van der Waals surface area contributed by atoms with Crippen molar-refractivity contribution in [2.75, 3.05) is 31.6 Å². The number of carboxylic acid groups (broad SMARTS) is 1. The number of nitrogens with one attached hydrogen (secondary N) is 1. The van der Waals surface area contributed by atoms with Crippen LogP contribution in [-0.4, -0.2) is 81.2 Å². The summed E-state index contributed by atoms with van der Waals surface area (Å²) in [4.78, 5) is 39.4. The predicted octanol–water partition coefficient (Wildman–Crippen LogP) is 0.245. The van der Waals surface area contributed by atoms with Crippen LogP contribution >= 0.6 is 11.8 Å². The Labute approximate surface area is 155 Å². The molecule has 0 bridgehead atoms. The molecule has 10 heteroatoms. The van der Waals surface area contributed by atoms with E-state index in [1.165, 1.54) is 17.2 Å². The average molecular weight is 382 g/mol. The quantitative estimate of drug-likeness (QED) is 0.719. The second kappa shape index (κ2) is 7.67. The smallest absolute Gasteiger partial charge is 0.323 e. The molecule has 142 valence electrons. The molecule has 2 fully saturated rings. The van der Waals surface area contributed by atoms with E-state index in [1.54, 1.807) is 16.7 Å². The summed E-state index contributed by atoms with van der Waals surface area (Å²) in [6.45, 7) is 0.480. The normalized spacial score (nSPS) is 22.2. The summed E-state index contributed by atoms with van der Waals surface area (Å²) in [6.07, 6.45) is 4.99. The highest BCUT2D eigenvalue weighted by atomic mass is 32.2. The van der Waals surface area contributed by atoms with E-state index in [2.05, 4.69) is 10.5 Å². The highest BCUT2D eigenvalue weighted by Crippen LogP contribution is 2.33. The molecule has 0 aliphatic carbocycles. The topological polar surface area (TPSA) is 116 Å². The maximum Gasteiger partial charge on any atom is 0.323 e. The number of carbonyl (C=O) groups excluding carboxylic acids is 2. The summed E-state index contributed by atoms with van der Waals surface area (Å²) in [5, 5.41) is 16.1. The molecule has 2 N–H and O–H groups in total. The Bertz CT molecular complexity index is 672. The monoisotopic (exact) mass is 382 g/mol. The van der Waals surface area contributed by atoms with Crippen LogP contribution in [0.5, 0.6) is 0 Å². The Balaban J connectivity index is 1.72. The van der Waals surface area contributed by atoms with Gasteiger partial charge in [0.05, 0.1) is 17.9 Å². The van der Waals surface area contributed by atoms with E-state index in [1.807, 2.05) is 6.26 Å². The van der Waals surface area contributed by atoms with Crippen molar-refractivity contribution in [2.45, 2.75) is 31.0 Å². The van der Waals surface area contributed by atoms with Crippen molar-refractivity contribution in [3.8, 4) is 0 Å². The van der Waals surface area contributed by atoms with Gasteiger partial charge in [-0.2, -0.15) is 11.8 Å². The van der Waals surface area contributed by atoms with Gasteiger partial charge in [0.1, 0.15) is 6.54 Å². The average Bonchev–Trinajstić information content (AvgIpc) is 3.24. The summed E-state index contributed by atoms with van der Waals surface area (Å²) in [5.41, 5.74) is -0.712. The summed E-state index contributed by atoms with van der Waals surface area (Å²) < 4.78 is 4.92. The molecule has 1 atom stereocenters. The fraction of sp³-hybridized carbons (Fsp3) is 0.625. The van der Waals surface area contributed by atoms with Gasteiger partial charge < -0.3 is 19.4 Å². The minimum Gasteiger partial charge on any atom is -0.480 e. The maximum absolute atomic E-state index is 12.7. The number of aromatic nitrogens is 1. The van der Waals surface area contributed by atoms with Gasteiger partial charge in [0.15, 0.2) is 0 Å². The van der Waals surface area contributed by atoms with E-state index >= 15 is 0 Å². The zero-order chi connectivity index (χ0) is 18.7. The number of carboxylic acids is 1. The number of thioether (sulfide) groups is 1. The summed E-state index contributed by atoms with van der Waals surface area (Å²) in [6, 6.07) is 1.14. The van der Waals surface area contributed by atoms with Gasteiger partial charge in [-0.05, 0) is 18.4 Å². The second-order valence-corrected chi connectivity index (χ2v) is 7.48. The maximum atomic E-state index is 12.7. The standard InChI is InChI=1S/C16H22N4O5S/c1-26-9-3-11-14(23)20(10-13(21)22)16(18-11)4-7-19(8-5-16)15(24)12-2-6-17-25-12/h2,6,11,18H,3-5,7-10H2,1H3,(H,21,22). The molecule has 2 aliphatic heterocycles. The molecular weight excluding hydrogens is 360 g/mol. The van der Waals surface area contributed by atoms with E-state index in [0.717, 1.165) is 5.75 Å². The van der Waals surface area contributed by atoms with Gasteiger partial charge in [0, 0.05) is 32.0 Å². The molecule has 0 saturated carbocycles. The van der Waals surface area contributed by atoms with Gasteiger partial charge in [-0.25, -0.2) is 0 Å². The van der Waals surface area contributed by atoms with E-state index < -0.39 is 11.6 Å². The Kier molecular flexibility index (Phi) is 5.52. The number of hydrogen-bond acceptors (Lipinski definition) is 7. The van der Waals surface area contributed by atoms with E-state index in [4.69, 9.17) is 4.52 Å². The lowest BCUT2D eigenvalue weighted by atomic mass is 9.95. The molecule has 1 spiro atoms. The van der Waals surface area contributed by atoms with Crippen LogP contribution in [0.3, 0.4) is 0 Å². The van der Waals surface area contributed by atoms with Crippen molar-refractivity contribution in [3.05, 3.63) is 18.0 Å². The molecule has 0 radical (unpaired) electrons. The van der Waals surface area contributed by atoms with Crippen LogP contribution in [-0.2, 0) is 9.59 Å². The Morgan fingerprint density at radius 2 is 2.19 bits per heavy atom. The van der Waals surface area contributed by atoms with Crippen molar-refractivity contribution in [2.24, 2.45) is 0 Å². The molecule has 26 heavy (non-hydrogen) atoms. The van der Waals surface area contributed by atoms with Crippen molar-refractivity contribution in [3.63, 3.8) is 0 Å². The van der Waals surface area contributed by atoms with Gasteiger partial charge in [0.2, 0.25) is 11.7 Å². The first kappa shape index (κ1) is 18.7. The molecule has 2 aliphatic rings. The molecule has 9 nitrogen and oxygen atoms in total. The highest BCUT2D eigenvalue weighted by molar-refractivity contribution is 7.98. The molecule has 2 saturated heterocycles. The molecular formula is C16H22N4O5S. The van der Waals surface area contributed by atoms with Crippen molar-refractivity contribution < 1.29 is 24.0 Å². The SMILES string of the molecule is CSCCC1NC2(CCN(C(=O)c3ccno3)CC2)N(CC(=O)O)C1=O. The fourth-order valence-corrected chi connectivity index (χ4v) is 4.11. The third-order valence-electron chi connectivity index (χ3n) is 4.95. The third-order valence-corrected chi connectivity index (χ3v) is 5.60. The van der Waals surface area contributed by atoms with Gasteiger partial charge in [-0.3, -0.25) is 19.7 Å². The number of amides is 2. The third kappa shape index (κ3) is 3.56. The second-order valence-electron chi connectivity index (χ2n) is 6.50. The van der Waals surface area contributed by atoms with Gasteiger partial charge in [0.25, 0.3) is 5.91 Å². The van der Waals surface area contributed by atoms with Crippen molar-refractivity contribution >= 4 is 29.5 Å². The van der Waals surface area contributed by atoms with E-state index in [-0.39, 0.29) is 30.2 Å². The van der Waals surface area contributed by atoms with Crippen molar-refractivity contribution in [1.29, 1.82) is 0 Å². The van der Waals surface area contributed by atoms with Crippen molar-refractivity contribution in [1.82, 2.24) is 20.3 Å². The Morgan fingerprint density at radius 3 is 2.77 bits per heavy atom. The van der Waals surface area contributed by atoms with Crippen LogP contribution in [0.15, 0.2) is 16.8 Å². The molecule has 3 rings (SSSR count). The first-order valence-electron chi connectivity index (χ1n) is 8.47. The van der Waals surface area contributed by atoms with E-state index in [0.29, 0.717) is 32.4 Å². The minimum absolute atomic E-state index is 0.170. The highest BCUT2D eigenvalue weighted by Gasteiger charge is 2.52. The number of carbonyl (C=O) groups is 3. The number of likely N-dealkylation sites (tertiary alicyclic amines) is 1. The summed E-state index contributed by atoms with van der Waals surface area (Å²) in [7, 11) is 0. The first-order valence-corrected chi connectivity index (χ1v) is 9.86. The lowest BCUT2D eigenvalue weighted by molar-refractivity contribution is -0.147. The van der Waals surface area contributed by atoms with Crippen LogP contribution in [0.4, 0.5) is 0 Å². The molecule has 0 aromatic carbocycles. The van der Waals surface area contributed by atoms with Gasteiger partial charge >= 0.3 is 5.97 Å². The molecule has 1 aromatic rings. The predicted molar refractivity (Wildman–Crippen MR) is 93.6 cm³/mol. The Morgan fingerprint density at radius 1 is 1.46 bits per heavy atom. The number of aliphatic carboxylic acids is 1. The summed E-state index contributed by atoms with van der Waals surface area (Å²) >= 11 is 1.65. The zero-order valence-electron chi connectivity index (χ0n) is 14.5. The van der Waals surface area contributed by atoms with Crippen LogP contribution < -0.4 is 5.32 Å². The number of nitrogens with zero attached hydrogens (tertiary/aromatic N) is 3. The first-order chi connectivity index (χ1) is 12.5. The molecule has 3 heterocycles. The number of hydrogen-bond donors (Lipinski definition) is 2.